The van der Waals surface area contributed by atoms with Gasteiger partial charge in [0, 0.05) is 67.5 Å². The van der Waals surface area contributed by atoms with E-state index in [9.17, 15) is 4.79 Å². The molecule has 4 aromatic rings. The van der Waals surface area contributed by atoms with Gasteiger partial charge in [0.25, 0.3) is 0 Å². The van der Waals surface area contributed by atoms with E-state index in [4.69, 9.17) is 24.4 Å². The van der Waals surface area contributed by atoms with Crippen molar-refractivity contribution in [1.82, 2.24) is 29.8 Å². The third-order valence-corrected chi connectivity index (χ3v) is 6.67. The second-order valence-electron chi connectivity index (χ2n) is 8.63. The molecule has 3 aromatic heterocycles. The molecule has 0 bridgehead atoms. The number of nitrogens with zero attached hydrogens (tertiary/aromatic N) is 5. The number of aromatic nitrogens is 4. The number of piperidine rings is 1. The molecule has 1 fully saturated rings. The zero-order valence-corrected chi connectivity index (χ0v) is 19.9. The number of benzene rings is 1. The van der Waals surface area contributed by atoms with Crippen LogP contribution in [0.1, 0.15) is 35.6 Å². The number of hydrogen-bond donors (Lipinski definition) is 2. The molecule has 4 heterocycles. The fraction of sp³-hybridized carbons (Fsp3) is 0.280. The number of nitrogens with one attached hydrogen (secondary N) is 2. The normalized spacial score (nSPS) is 14.3. The van der Waals surface area contributed by atoms with Crippen LogP contribution in [0.15, 0.2) is 61.1 Å². The van der Waals surface area contributed by atoms with Gasteiger partial charge in [-0.25, -0.2) is 9.78 Å². The molecule has 1 saturated heterocycles. The number of urea groups is 1. The molecule has 176 valence electrons. The number of fused-ring (bicyclic) bond motifs is 1. The molecule has 0 aliphatic carbocycles. The maximum atomic E-state index is 12.7. The molecular weight excluding hydrogens is 461 g/mol. The Morgan fingerprint density at radius 3 is 2.71 bits per heavy atom. The van der Waals surface area contributed by atoms with Crippen LogP contribution in [0.2, 0.25) is 5.02 Å². The van der Waals surface area contributed by atoms with Crippen LogP contribution in [-0.4, -0.2) is 51.4 Å². The summed E-state index contributed by atoms with van der Waals surface area (Å²) in [6.07, 6.45) is 6.84. The summed E-state index contributed by atoms with van der Waals surface area (Å²) in [5.41, 5.74) is 4.09. The van der Waals surface area contributed by atoms with Gasteiger partial charge in [-0.05, 0) is 41.6 Å². The highest BCUT2D eigenvalue weighted by atomic mass is 35.5. The number of likely N-dealkylation sites (tertiary alicyclic amines) is 1. The summed E-state index contributed by atoms with van der Waals surface area (Å²) < 4.78 is 1.73. The molecule has 5 rings (SSSR count). The summed E-state index contributed by atoms with van der Waals surface area (Å²) in [7, 11) is 6.15. The minimum absolute atomic E-state index is 0.0781. The Bertz CT molecular complexity index is 1320. The Labute approximate surface area is 210 Å². The zero-order valence-electron chi connectivity index (χ0n) is 19.2. The highest BCUT2D eigenvalue weighted by Gasteiger charge is 2.26. The van der Waals surface area contributed by atoms with Gasteiger partial charge in [-0.15, -0.1) is 0 Å². The molecule has 0 unspecified atom stereocenters. The van der Waals surface area contributed by atoms with Gasteiger partial charge in [-0.1, -0.05) is 35.9 Å². The number of carbonyl (C=O) groups excluding carboxylic acids is 1. The average Bonchev–Trinajstić information content (AvgIpc) is 3.28. The van der Waals surface area contributed by atoms with E-state index in [0.717, 1.165) is 35.5 Å². The highest BCUT2D eigenvalue weighted by Crippen LogP contribution is 2.29. The average molecular weight is 486 g/mol. The van der Waals surface area contributed by atoms with Crippen molar-refractivity contribution in [3.8, 4) is 0 Å². The third kappa shape index (κ3) is 5.25. The van der Waals surface area contributed by atoms with E-state index in [-0.39, 0.29) is 11.9 Å². The first-order valence-electron chi connectivity index (χ1n) is 11.6. The van der Waals surface area contributed by atoms with E-state index in [2.05, 4.69) is 20.7 Å². The van der Waals surface area contributed by atoms with Crippen molar-refractivity contribution in [1.29, 1.82) is 0 Å². The predicted octanol–water partition coefficient (Wildman–Crippen LogP) is 3.27. The Morgan fingerprint density at radius 1 is 1.11 bits per heavy atom. The standard InChI is InChI=1S/C25H25BClN7O/c26-20-16-31-34-23(29-14-17-4-3-9-28-13-17)12-22(32-24(20)34)18-7-10-33(11-8-18)25(35)30-15-19-5-1-2-6-21(19)27/h1-6,9,12-13,16,18,29H,7-8,10-11,14-15H2,(H,30,35). The fourth-order valence-electron chi connectivity index (χ4n) is 4.33. The van der Waals surface area contributed by atoms with Crippen LogP contribution in [0.3, 0.4) is 0 Å². The monoisotopic (exact) mass is 485 g/mol. The number of amides is 2. The van der Waals surface area contributed by atoms with Gasteiger partial charge in [-0.2, -0.15) is 9.61 Å². The van der Waals surface area contributed by atoms with Crippen molar-refractivity contribution in [2.75, 3.05) is 18.4 Å². The summed E-state index contributed by atoms with van der Waals surface area (Å²) in [5.74, 6) is 1.05. The minimum atomic E-state index is -0.0781. The van der Waals surface area contributed by atoms with Gasteiger partial charge in [0.1, 0.15) is 19.3 Å². The van der Waals surface area contributed by atoms with Crippen molar-refractivity contribution in [3.63, 3.8) is 0 Å². The fourth-order valence-corrected chi connectivity index (χ4v) is 4.53. The van der Waals surface area contributed by atoms with E-state index < -0.39 is 0 Å². The summed E-state index contributed by atoms with van der Waals surface area (Å²) in [6, 6.07) is 13.4. The molecule has 1 aromatic carbocycles. The first-order valence-corrected chi connectivity index (χ1v) is 12.0. The molecule has 10 heteroatoms. The first kappa shape index (κ1) is 23.2. The molecule has 8 nitrogen and oxygen atoms in total. The Hall–Kier alpha value is -3.59. The van der Waals surface area contributed by atoms with Crippen molar-refractivity contribution in [2.45, 2.75) is 31.8 Å². The summed E-state index contributed by atoms with van der Waals surface area (Å²) >= 11 is 6.20. The molecule has 2 N–H and O–H groups in total. The van der Waals surface area contributed by atoms with E-state index in [1.807, 2.05) is 53.6 Å². The van der Waals surface area contributed by atoms with Gasteiger partial charge < -0.3 is 15.5 Å². The number of halogens is 1. The SMILES string of the molecule is [B]c1cnn2c(NCc3cccnc3)cc(C3CCN(C(=O)NCc4ccccc4Cl)CC3)nc12. The van der Waals surface area contributed by atoms with Crippen LogP contribution in [0.5, 0.6) is 0 Å². The lowest BCUT2D eigenvalue weighted by molar-refractivity contribution is 0.180. The van der Waals surface area contributed by atoms with Gasteiger partial charge in [0.05, 0.1) is 0 Å². The van der Waals surface area contributed by atoms with Crippen LogP contribution < -0.4 is 16.1 Å². The number of rotatable bonds is 6. The quantitative estimate of drug-likeness (QED) is 0.409. The number of anilines is 1. The van der Waals surface area contributed by atoms with Crippen LogP contribution in [0.25, 0.3) is 5.65 Å². The number of pyridine rings is 1. The molecule has 1 aliphatic heterocycles. The molecule has 0 saturated carbocycles. The predicted molar refractivity (Wildman–Crippen MR) is 137 cm³/mol. The number of carbonyl (C=O) groups is 1. The van der Waals surface area contributed by atoms with E-state index in [1.165, 1.54) is 0 Å². The smallest absolute Gasteiger partial charge is 0.317 e. The van der Waals surface area contributed by atoms with E-state index in [1.54, 1.807) is 16.9 Å². The topological polar surface area (TPSA) is 87.5 Å². The minimum Gasteiger partial charge on any atom is -0.366 e. The van der Waals surface area contributed by atoms with E-state index >= 15 is 0 Å². The van der Waals surface area contributed by atoms with Gasteiger partial charge in [0.15, 0.2) is 0 Å². The molecule has 0 atom stereocenters. The highest BCUT2D eigenvalue weighted by molar-refractivity contribution is 6.36. The lowest BCUT2D eigenvalue weighted by Gasteiger charge is -2.32. The maximum absolute atomic E-state index is 12.7. The third-order valence-electron chi connectivity index (χ3n) is 6.30. The van der Waals surface area contributed by atoms with E-state index in [0.29, 0.717) is 42.3 Å². The van der Waals surface area contributed by atoms with Crippen molar-refractivity contribution < 1.29 is 4.79 Å². The summed E-state index contributed by atoms with van der Waals surface area (Å²) in [6.45, 7) is 2.32. The molecule has 1 aliphatic rings. The van der Waals surface area contributed by atoms with Crippen molar-refractivity contribution in [3.05, 3.63) is 82.9 Å². The maximum Gasteiger partial charge on any atom is 0.317 e. The van der Waals surface area contributed by atoms with Gasteiger partial charge in [0.2, 0.25) is 0 Å². The Balaban J connectivity index is 1.25. The Kier molecular flexibility index (Phi) is 6.85. The molecule has 2 amide bonds. The molecule has 0 spiro atoms. The van der Waals surface area contributed by atoms with Crippen LogP contribution >= 0.6 is 11.6 Å². The largest absolute Gasteiger partial charge is 0.366 e. The molecule has 35 heavy (non-hydrogen) atoms. The molecular formula is C25H25BClN7O. The Morgan fingerprint density at radius 2 is 1.94 bits per heavy atom. The van der Waals surface area contributed by atoms with Crippen LogP contribution in [0, 0.1) is 0 Å². The van der Waals surface area contributed by atoms with Gasteiger partial charge >= 0.3 is 6.03 Å². The van der Waals surface area contributed by atoms with Crippen molar-refractivity contribution >= 4 is 42.4 Å². The summed E-state index contributed by atoms with van der Waals surface area (Å²) in [4.78, 5) is 23.5. The van der Waals surface area contributed by atoms with Gasteiger partial charge in [-0.3, -0.25) is 4.98 Å². The lowest BCUT2D eigenvalue weighted by Crippen LogP contribution is -2.44. The first-order chi connectivity index (χ1) is 17.1. The zero-order chi connectivity index (χ0) is 24.2. The second kappa shape index (κ2) is 10.4. The van der Waals surface area contributed by atoms with Crippen LogP contribution in [-0.2, 0) is 13.1 Å². The second-order valence-corrected chi connectivity index (χ2v) is 9.04. The lowest BCUT2D eigenvalue weighted by atomic mass is 9.93. The number of hydrogen-bond acceptors (Lipinski definition) is 5. The summed E-state index contributed by atoms with van der Waals surface area (Å²) in [5, 5.41) is 11.5. The van der Waals surface area contributed by atoms with Crippen molar-refractivity contribution in [2.24, 2.45) is 0 Å². The molecule has 2 radical (unpaired) electrons. The van der Waals surface area contributed by atoms with Crippen LogP contribution in [0.4, 0.5) is 10.6 Å².